The summed E-state index contributed by atoms with van der Waals surface area (Å²) in [5.41, 5.74) is 6.34. The summed E-state index contributed by atoms with van der Waals surface area (Å²) >= 11 is 0. The van der Waals surface area contributed by atoms with Crippen LogP contribution in [0.15, 0.2) is 48.7 Å². The minimum Gasteiger partial charge on any atom is -0.298 e. The number of aryl methyl sites for hydroxylation is 2. The van der Waals surface area contributed by atoms with Gasteiger partial charge in [-0.15, -0.1) is 0 Å². The van der Waals surface area contributed by atoms with E-state index in [1.807, 2.05) is 42.6 Å². The third-order valence-electron chi connectivity index (χ3n) is 3.85. The summed E-state index contributed by atoms with van der Waals surface area (Å²) in [5.74, 6) is -0.259. The van der Waals surface area contributed by atoms with Gasteiger partial charge in [0.05, 0.1) is 5.69 Å². The molecule has 0 aliphatic rings. The molecule has 3 heterocycles. The third-order valence-corrected chi connectivity index (χ3v) is 3.85. The molecule has 0 saturated carbocycles. The van der Waals surface area contributed by atoms with E-state index in [9.17, 15) is 4.39 Å². The SMILES string of the molecule is Cc1ccn2c(-c3cc(C)[nH]n3)c(-c3ccc(F)cc3)nc2c1. The maximum atomic E-state index is 13.2. The number of hydrogen-bond acceptors (Lipinski definition) is 2. The molecule has 1 aromatic carbocycles. The molecule has 0 saturated heterocycles. The van der Waals surface area contributed by atoms with E-state index in [0.717, 1.165) is 39.5 Å². The second-order valence-corrected chi connectivity index (χ2v) is 5.68. The van der Waals surface area contributed by atoms with E-state index < -0.39 is 0 Å². The number of halogens is 1. The highest BCUT2D eigenvalue weighted by Crippen LogP contribution is 2.32. The number of hydrogen-bond donors (Lipinski definition) is 1. The Hall–Kier alpha value is -2.95. The van der Waals surface area contributed by atoms with E-state index in [-0.39, 0.29) is 5.82 Å². The Morgan fingerprint density at radius 2 is 1.83 bits per heavy atom. The molecule has 23 heavy (non-hydrogen) atoms. The van der Waals surface area contributed by atoms with E-state index in [2.05, 4.69) is 10.2 Å². The van der Waals surface area contributed by atoms with Crippen molar-refractivity contribution < 1.29 is 4.39 Å². The molecule has 0 aliphatic carbocycles. The van der Waals surface area contributed by atoms with Gasteiger partial charge >= 0.3 is 0 Å². The van der Waals surface area contributed by atoms with Gasteiger partial charge < -0.3 is 0 Å². The van der Waals surface area contributed by atoms with Gasteiger partial charge in [-0.05, 0) is 61.9 Å². The van der Waals surface area contributed by atoms with E-state index in [1.54, 1.807) is 12.1 Å². The molecular formula is C18H15FN4. The first kappa shape index (κ1) is 13.7. The van der Waals surface area contributed by atoms with Crippen LogP contribution in [0.4, 0.5) is 4.39 Å². The normalized spacial score (nSPS) is 11.3. The maximum Gasteiger partial charge on any atom is 0.138 e. The number of H-pyrrole nitrogens is 1. The summed E-state index contributed by atoms with van der Waals surface area (Å²) in [6, 6.07) is 12.4. The molecule has 4 rings (SSSR count). The van der Waals surface area contributed by atoms with Crippen molar-refractivity contribution >= 4 is 5.65 Å². The summed E-state index contributed by atoms with van der Waals surface area (Å²) in [7, 11) is 0. The number of aromatic amines is 1. The Labute approximate surface area is 132 Å². The number of fused-ring (bicyclic) bond motifs is 1. The van der Waals surface area contributed by atoms with Crippen LogP contribution >= 0.6 is 0 Å². The van der Waals surface area contributed by atoms with Crippen molar-refractivity contribution in [2.24, 2.45) is 0 Å². The zero-order valence-electron chi connectivity index (χ0n) is 12.8. The van der Waals surface area contributed by atoms with E-state index >= 15 is 0 Å². The minimum absolute atomic E-state index is 0.259. The van der Waals surface area contributed by atoms with Crippen LogP contribution in [0.5, 0.6) is 0 Å². The number of nitrogens with zero attached hydrogens (tertiary/aromatic N) is 3. The zero-order chi connectivity index (χ0) is 16.0. The number of nitrogens with one attached hydrogen (secondary N) is 1. The predicted molar refractivity (Wildman–Crippen MR) is 87.6 cm³/mol. The second-order valence-electron chi connectivity index (χ2n) is 5.68. The van der Waals surface area contributed by atoms with Gasteiger partial charge in [0.1, 0.15) is 22.9 Å². The lowest BCUT2D eigenvalue weighted by atomic mass is 10.1. The molecule has 0 amide bonds. The predicted octanol–water partition coefficient (Wildman–Crippen LogP) is 4.15. The van der Waals surface area contributed by atoms with Crippen molar-refractivity contribution in [2.75, 3.05) is 0 Å². The van der Waals surface area contributed by atoms with Gasteiger partial charge in [0.25, 0.3) is 0 Å². The molecule has 0 bridgehead atoms. The van der Waals surface area contributed by atoms with Gasteiger partial charge in [-0.2, -0.15) is 5.10 Å². The highest BCUT2D eigenvalue weighted by atomic mass is 19.1. The quantitative estimate of drug-likeness (QED) is 0.605. The topological polar surface area (TPSA) is 46.0 Å². The van der Waals surface area contributed by atoms with Crippen LogP contribution in [-0.2, 0) is 0 Å². The largest absolute Gasteiger partial charge is 0.298 e. The van der Waals surface area contributed by atoms with Crippen LogP contribution in [0, 0.1) is 19.7 Å². The number of rotatable bonds is 2. The molecule has 5 heteroatoms. The van der Waals surface area contributed by atoms with Crippen molar-refractivity contribution in [3.8, 4) is 22.6 Å². The van der Waals surface area contributed by atoms with Gasteiger partial charge in [-0.25, -0.2) is 9.37 Å². The zero-order valence-corrected chi connectivity index (χ0v) is 12.8. The standard InChI is InChI=1S/C18H15FN4/c1-11-7-8-23-16(9-11)20-17(13-3-5-14(19)6-4-13)18(23)15-10-12(2)21-22-15/h3-10H,1-2H3,(H,21,22). The first-order valence-corrected chi connectivity index (χ1v) is 7.39. The van der Waals surface area contributed by atoms with Crippen LogP contribution in [-0.4, -0.2) is 19.6 Å². The Bertz CT molecular complexity index is 996. The number of imidazole rings is 1. The molecule has 0 radical (unpaired) electrons. The number of aromatic nitrogens is 4. The van der Waals surface area contributed by atoms with Crippen LogP contribution in [0.2, 0.25) is 0 Å². The van der Waals surface area contributed by atoms with Gasteiger partial charge in [-0.3, -0.25) is 9.50 Å². The molecule has 0 spiro atoms. The van der Waals surface area contributed by atoms with Crippen molar-refractivity contribution in [1.29, 1.82) is 0 Å². The Morgan fingerprint density at radius 3 is 2.52 bits per heavy atom. The van der Waals surface area contributed by atoms with Crippen LogP contribution in [0.25, 0.3) is 28.3 Å². The van der Waals surface area contributed by atoms with Crippen molar-refractivity contribution in [1.82, 2.24) is 19.6 Å². The fourth-order valence-electron chi connectivity index (χ4n) is 2.74. The molecular weight excluding hydrogens is 291 g/mol. The smallest absolute Gasteiger partial charge is 0.138 e. The Kier molecular flexibility index (Phi) is 3.01. The lowest BCUT2D eigenvalue weighted by Gasteiger charge is -2.03. The van der Waals surface area contributed by atoms with Crippen LogP contribution in [0.3, 0.4) is 0 Å². The highest BCUT2D eigenvalue weighted by molar-refractivity contribution is 5.80. The first-order valence-electron chi connectivity index (χ1n) is 7.39. The molecule has 0 unspecified atom stereocenters. The van der Waals surface area contributed by atoms with Crippen molar-refractivity contribution in [3.05, 3.63) is 65.7 Å². The van der Waals surface area contributed by atoms with Gasteiger partial charge in [-0.1, -0.05) is 0 Å². The van der Waals surface area contributed by atoms with E-state index in [4.69, 9.17) is 4.98 Å². The highest BCUT2D eigenvalue weighted by Gasteiger charge is 2.18. The average molecular weight is 306 g/mol. The second kappa shape index (κ2) is 5.05. The van der Waals surface area contributed by atoms with Crippen molar-refractivity contribution in [2.45, 2.75) is 13.8 Å². The molecule has 3 aromatic heterocycles. The molecule has 1 N–H and O–H groups in total. The molecule has 4 nitrogen and oxygen atoms in total. The van der Waals surface area contributed by atoms with Gasteiger partial charge in [0, 0.05) is 17.5 Å². The molecule has 0 atom stereocenters. The van der Waals surface area contributed by atoms with E-state index in [1.165, 1.54) is 12.1 Å². The summed E-state index contributed by atoms with van der Waals surface area (Å²) in [5, 5.41) is 7.34. The van der Waals surface area contributed by atoms with Crippen LogP contribution in [0.1, 0.15) is 11.3 Å². The summed E-state index contributed by atoms with van der Waals surface area (Å²) < 4.78 is 15.3. The van der Waals surface area contributed by atoms with Crippen molar-refractivity contribution in [3.63, 3.8) is 0 Å². The summed E-state index contributed by atoms with van der Waals surface area (Å²) in [6.07, 6.45) is 1.99. The number of pyridine rings is 1. The third kappa shape index (κ3) is 2.30. The molecule has 0 fully saturated rings. The fraction of sp³-hybridized carbons (Fsp3) is 0.111. The van der Waals surface area contributed by atoms with Crippen LogP contribution < -0.4 is 0 Å². The van der Waals surface area contributed by atoms with E-state index in [0.29, 0.717) is 0 Å². The monoisotopic (exact) mass is 306 g/mol. The number of benzene rings is 1. The Balaban J connectivity index is 2.04. The average Bonchev–Trinajstić information content (AvgIpc) is 3.10. The first-order chi connectivity index (χ1) is 11.1. The fourth-order valence-corrected chi connectivity index (χ4v) is 2.74. The summed E-state index contributed by atoms with van der Waals surface area (Å²) in [4.78, 5) is 4.75. The maximum absolute atomic E-state index is 13.2. The van der Waals surface area contributed by atoms with Gasteiger partial charge in [0.2, 0.25) is 0 Å². The summed E-state index contributed by atoms with van der Waals surface area (Å²) in [6.45, 7) is 3.99. The Morgan fingerprint density at radius 1 is 1.04 bits per heavy atom. The lowest BCUT2D eigenvalue weighted by Crippen LogP contribution is -1.90. The molecule has 4 aromatic rings. The lowest BCUT2D eigenvalue weighted by molar-refractivity contribution is 0.628. The molecule has 114 valence electrons. The van der Waals surface area contributed by atoms with Gasteiger partial charge in [0.15, 0.2) is 0 Å². The molecule has 0 aliphatic heterocycles. The minimum atomic E-state index is -0.259.